The van der Waals surface area contributed by atoms with Gasteiger partial charge < -0.3 is 9.84 Å². The highest BCUT2D eigenvalue weighted by atomic mass is 16.5. The average molecular weight is 290 g/mol. The van der Waals surface area contributed by atoms with Crippen LogP contribution < -0.4 is 5.32 Å². The molecular formula is C14H22N6O. The largest absolute Gasteiger partial charge is 0.332 e. The summed E-state index contributed by atoms with van der Waals surface area (Å²) >= 11 is 0. The molecule has 21 heavy (non-hydrogen) atoms. The van der Waals surface area contributed by atoms with E-state index in [-0.39, 0.29) is 6.04 Å². The van der Waals surface area contributed by atoms with Crippen LogP contribution >= 0.6 is 0 Å². The van der Waals surface area contributed by atoms with Crippen molar-refractivity contribution in [3.63, 3.8) is 0 Å². The van der Waals surface area contributed by atoms with Gasteiger partial charge in [-0.15, -0.1) is 0 Å². The molecule has 0 bridgehead atoms. The molecule has 1 fully saturated rings. The van der Waals surface area contributed by atoms with Crippen LogP contribution in [0, 0.1) is 0 Å². The van der Waals surface area contributed by atoms with E-state index >= 15 is 0 Å². The molecule has 0 aromatic carbocycles. The first-order chi connectivity index (χ1) is 10.3. The zero-order valence-corrected chi connectivity index (χ0v) is 12.6. The fourth-order valence-electron chi connectivity index (χ4n) is 2.75. The lowest BCUT2D eigenvalue weighted by molar-refractivity contribution is 0.155. The van der Waals surface area contributed by atoms with Gasteiger partial charge in [-0.05, 0) is 12.5 Å². The van der Waals surface area contributed by atoms with Gasteiger partial charge in [-0.2, -0.15) is 10.1 Å². The average Bonchev–Trinajstić information content (AvgIpc) is 3.14. The molecule has 0 spiro atoms. The second-order valence-corrected chi connectivity index (χ2v) is 5.42. The number of aryl methyl sites for hydroxylation is 1. The molecule has 0 saturated carbocycles. The van der Waals surface area contributed by atoms with E-state index in [1.807, 2.05) is 19.3 Å². The van der Waals surface area contributed by atoms with E-state index in [0.29, 0.717) is 5.89 Å². The Morgan fingerprint density at radius 2 is 2.19 bits per heavy atom. The number of nitrogens with zero attached hydrogens (tertiary/aromatic N) is 5. The number of hydrogen-bond donors (Lipinski definition) is 1. The number of rotatable bonds is 5. The van der Waals surface area contributed by atoms with Crippen molar-refractivity contribution in [3.05, 3.63) is 18.1 Å². The van der Waals surface area contributed by atoms with E-state index in [9.17, 15) is 0 Å². The number of aromatic nitrogens is 4. The van der Waals surface area contributed by atoms with E-state index in [2.05, 4.69) is 32.4 Å². The quantitative estimate of drug-likeness (QED) is 0.892. The van der Waals surface area contributed by atoms with Crippen molar-refractivity contribution in [2.24, 2.45) is 7.05 Å². The summed E-state index contributed by atoms with van der Waals surface area (Å²) in [5.74, 6) is 1.28. The predicted molar refractivity (Wildman–Crippen MR) is 78.6 cm³/mol. The van der Waals surface area contributed by atoms with Crippen LogP contribution in [0.4, 0.5) is 0 Å². The molecule has 3 heterocycles. The Morgan fingerprint density at radius 3 is 2.86 bits per heavy atom. The normalized spacial score (nSPS) is 18.0. The van der Waals surface area contributed by atoms with Gasteiger partial charge in [-0.25, -0.2) is 0 Å². The lowest BCUT2D eigenvalue weighted by Crippen LogP contribution is -2.45. The minimum atomic E-state index is 0.235. The summed E-state index contributed by atoms with van der Waals surface area (Å²) in [5.41, 5.74) is 0.729. The van der Waals surface area contributed by atoms with Gasteiger partial charge in [-0.3, -0.25) is 9.58 Å². The summed E-state index contributed by atoms with van der Waals surface area (Å²) < 4.78 is 7.14. The molecule has 7 nitrogen and oxygen atoms in total. The third kappa shape index (κ3) is 3.14. The van der Waals surface area contributed by atoms with Gasteiger partial charge in [0.05, 0.1) is 6.04 Å². The molecule has 0 radical (unpaired) electrons. The summed E-state index contributed by atoms with van der Waals surface area (Å²) in [5, 5.41) is 11.9. The standard InChI is InChI=1S/C14H22N6O/c1-3-4-12(20-9-6-15-7-10-20)13-16-14(21-18-13)11-5-8-19(2)17-11/h5,8,12,15H,3-4,6-7,9-10H2,1-2H3. The summed E-state index contributed by atoms with van der Waals surface area (Å²) in [6.07, 6.45) is 4.02. The van der Waals surface area contributed by atoms with E-state index in [1.54, 1.807) is 4.68 Å². The van der Waals surface area contributed by atoms with Gasteiger partial charge in [0.15, 0.2) is 11.5 Å². The first-order valence-electron chi connectivity index (χ1n) is 7.56. The second-order valence-electron chi connectivity index (χ2n) is 5.42. The number of hydrogen-bond acceptors (Lipinski definition) is 6. The van der Waals surface area contributed by atoms with E-state index in [1.165, 1.54) is 0 Å². The molecule has 0 amide bonds. The van der Waals surface area contributed by atoms with Gasteiger partial charge in [0.1, 0.15) is 0 Å². The SMILES string of the molecule is CCCC(c1noc(-c2ccn(C)n2)n1)N1CCNCC1. The summed E-state index contributed by atoms with van der Waals surface area (Å²) in [7, 11) is 1.88. The maximum absolute atomic E-state index is 5.40. The lowest BCUT2D eigenvalue weighted by atomic mass is 10.1. The maximum atomic E-state index is 5.40. The molecular weight excluding hydrogens is 268 g/mol. The van der Waals surface area contributed by atoms with Gasteiger partial charge in [0.2, 0.25) is 0 Å². The lowest BCUT2D eigenvalue weighted by Gasteiger charge is -2.32. The van der Waals surface area contributed by atoms with E-state index in [4.69, 9.17) is 4.52 Å². The molecule has 1 N–H and O–H groups in total. The highest BCUT2D eigenvalue weighted by molar-refractivity contribution is 5.44. The molecule has 1 saturated heterocycles. The summed E-state index contributed by atoms with van der Waals surface area (Å²) in [6.45, 7) is 6.28. The highest BCUT2D eigenvalue weighted by Crippen LogP contribution is 2.25. The van der Waals surface area contributed by atoms with Crippen LogP contribution in [0.2, 0.25) is 0 Å². The van der Waals surface area contributed by atoms with Gasteiger partial charge in [0.25, 0.3) is 5.89 Å². The molecule has 7 heteroatoms. The molecule has 1 aliphatic heterocycles. The monoisotopic (exact) mass is 290 g/mol. The molecule has 1 aliphatic rings. The van der Waals surface area contributed by atoms with Crippen LogP contribution in [0.15, 0.2) is 16.8 Å². The van der Waals surface area contributed by atoms with Crippen LogP contribution in [0.1, 0.15) is 31.6 Å². The molecule has 0 aliphatic carbocycles. The first kappa shape index (κ1) is 14.2. The fraction of sp³-hybridized carbons (Fsp3) is 0.643. The minimum absolute atomic E-state index is 0.235. The molecule has 114 valence electrons. The van der Waals surface area contributed by atoms with Crippen LogP contribution in [0.3, 0.4) is 0 Å². The zero-order valence-electron chi connectivity index (χ0n) is 12.6. The van der Waals surface area contributed by atoms with Gasteiger partial charge in [-0.1, -0.05) is 18.5 Å². The van der Waals surface area contributed by atoms with Gasteiger partial charge >= 0.3 is 0 Å². The van der Waals surface area contributed by atoms with Crippen molar-refractivity contribution >= 4 is 0 Å². The van der Waals surface area contributed by atoms with E-state index < -0.39 is 0 Å². The summed E-state index contributed by atoms with van der Waals surface area (Å²) in [6, 6.07) is 2.12. The number of nitrogens with one attached hydrogen (secondary N) is 1. The Balaban J connectivity index is 1.81. The minimum Gasteiger partial charge on any atom is -0.332 e. The third-order valence-corrected chi connectivity index (χ3v) is 3.83. The van der Waals surface area contributed by atoms with Crippen molar-refractivity contribution in [1.29, 1.82) is 0 Å². The van der Waals surface area contributed by atoms with Crippen molar-refractivity contribution in [1.82, 2.24) is 30.1 Å². The van der Waals surface area contributed by atoms with Crippen LogP contribution in [-0.2, 0) is 7.05 Å². The molecule has 2 aromatic heterocycles. The molecule has 2 aromatic rings. The molecule has 1 atom stereocenters. The third-order valence-electron chi connectivity index (χ3n) is 3.83. The van der Waals surface area contributed by atoms with E-state index in [0.717, 1.165) is 50.5 Å². The Hall–Kier alpha value is -1.73. The highest BCUT2D eigenvalue weighted by Gasteiger charge is 2.26. The van der Waals surface area contributed by atoms with Crippen molar-refractivity contribution < 1.29 is 4.52 Å². The number of piperazine rings is 1. The smallest absolute Gasteiger partial charge is 0.278 e. The van der Waals surface area contributed by atoms with Crippen molar-refractivity contribution in [2.75, 3.05) is 26.2 Å². The Labute approximate surface area is 124 Å². The maximum Gasteiger partial charge on any atom is 0.278 e. The first-order valence-corrected chi connectivity index (χ1v) is 7.56. The van der Waals surface area contributed by atoms with Crippen LogP contribution in [-0.4, -0.2) is 51.0 Å². The van der Waals surface area contributed by atoms with Crippen molar-refractivity contribution in [3.8, 4) is 11.6 Å². The van der Waals surface area contributed by atoms with Crippen LogP contribution in [0.25, 0.3) is 11.6 Å². The Morgan fingerprint density at radius 1 is 1.38 bits per heavy atom. The summed E-state index contributed by atoms with van der Waals surface area (Å²) in [4.78, 5) is 7.01. The topological polar surface area (TPSA) is 72.0 Å². The fourth-order valence-corrected chi connectivity index (χ4v) is 2.75. The van der Waals surface area contributed by atoms with Crippen molar-refractivity contribution in [2.45, 2.75) is 25.8 Å². The Bertz CT molecular complexity index is 572. The zero-order chi connectivity index (χ0) is 14.7. The van der Waals surface area contributed by atoms with Gasteiger partial charge in [0, 0.05) is 39.4 Å². The molecule has 1 unspecified atom stereocenters. The molecule has 3 rings (SSSR count). The predicted octanol–water partition coefficient (Wildman–Crippen LogP) is 1.22. The Kier molecular flexibility index (Phi) is 4.31. The van der Waals surface area contributed by atoms with Crippen LogP contribution in [0.5, 0.6) is 0 Å². The second kappa shape index (κ2) is 6.36.